The van der Waals surface area contributed by atoms with E-state index < -0.39 is 11.6 Å². The zero-order chi connectivity index (χ0) is 17.2. The Labute approximate surface area is 137 Å². The van der Waals surface area contributed by atoms with Gasteiger partial charge in [-0.15, -0.1) is 0 Å². The summed E-state index contributed by atoms with van der Waals surface area (Å²) in [6.07, 6.45) is 5.89. The SMILES string of the molecule is CC(C)=CCc1cc(/C=C/C(=O)O)cc2c1OC(C(C)(C)O)C2. The first-order chi connectivity index (χ1) is 10.7. The number of hydrogen-bond acceptors (Lipinski definition) is 3. The van der Waals surface area contributed by atoms with Gasteiger partial charge in [0.2, 0.25) is 0 Å². The third kappa shape index (κ3) is 4.45. The van der Waals surface area contributed by atoms with Crippen LogP contribution in [0.15, 0.2) is 29.9 Å². The lowest BCUT2D eigenvalue weighted by molar-refractivity contribution is -0.131. The summed E-state index contributed by atoms with van der Waals surface area (Å²) in [6.45, 7) is 7.55. The number of rotatable bonds is 5. The maximum absolute atomic E-state index is 10.7. The molecule has 1 aromatic carbocycles. The fourth-order valence-electron chi connectivity index (χ4n) is 2.59. The predicted molar refractivity (Wildman–Crippen MR) is 90.7 cm³/mol. The molecule has 0 aromatic heterocycles. The van der Waals surface area contributed by atoms with Gasteiger partial charge < -0.3 is 14.9 Å². The minimum atomic E-state index is -0.970. The van der Waals surface area contributed by atoms with E-state index in [0.717, 1.165) is 34.9 Å². The molecule has 124 valence electrons. The van der Waals surface area contributed by atoms with Gasteiger partial charge in [0, 0.05) is 12.5 Å². The summed E-state index contributed by atoms with van der Waals surface area (Å²) in [7, 11) is 0. The summed E-state index contributed by atoms with van der Waals surface area (Å²) < 4.78 is 6.00. The summed E-state index contributed by atoms with van der Waals surface area (Å²) in [5.41, 5.74) is 3.15. The molecular formula is C19H24O4. The first-order valence-corrected chi connectivity index (χ1v) is 7.76. The van der Waals surface area contributed by atoms with E-state index in [1.165, 1.54) is 5.57 Å². The van der Waals surface area contributed by atoms with Crippen molar-refractivity contribution in [1.29, 1.82) is 0 Å². The lowest BCUT2D eigenvalue weighted by Gasteiger charge is -2.24. The molecular weight excluding hydrogens is 292 g/mol. The number of carboxylic acid groups (broad SMARTS) is 1. The van der Waals surface area contributed by atoms with Crippen LogP contribution in [0.5, 0.6) is 5.75 Å². The Morgan fingerprint density at radius 2 is 2.09 bits per heavy atom. The van der Waals surface area contributed by atoms with Crippen molar-refractivity contribution in [3.05, 3.63) is 46.5 Å². The van der Waals surface area contributed by atoms with Crippen LogP contribution < -0.4 is 4.74 Å². The number of aliphatic hydroxyl groups is 1. The molecule has 0 saturated carbocycles. The van der Waals surface area contributed by atoms with Crippen LogP contribution in [-0.4, -0.2) is 27.9 Å². The molecule has 2 rings (SSSR count). The Bertz CT molecular complexity index is 659. The number of fused-ring (bicyclic) bond motifs is 1. The van der Waals surface area contributed by atoms with E-state index in [0.29, 0.717) is 6.42 Å². The van der Waals surface area contributed by atoms with Crippen LogP contribution in [0.1, 0.15) is 44.4 Å². The van der Waals surface area contributed by atoms with E-state index in [2.05, 4.69) is 6.08 Å². The molecule has 2 N–H and O–H groups in total. The number of carbonyl (C=O) groups is 1. The molecule has 0 bridgehead atoms. The molecule has 1 heterocycles. The minimum Gasteiger partial charge on any atom is -0.487 e. The van der Waals surface area contributed by atoms with Crippen molar-refractivity contribution >= 4 is 12.0 Å². The molecule has 4 nitrogen and oxygen atoms in total. The molecule has 23 heavy (non-hydrogen) atoms. The van der Waals surface area contributed by atoms with Gasteiger partial charge >= 0.3 is 5.97 Å². The molecule has 4 heteroatoms. The molecule has 0 aliphatic carbocycles. The van der Waals surface area contributed by atoms with E-state index in [-0.39, 0.29) is 6.10 Å². The fraction of sp³-hybridized carbons (Fsp3) is 0.421. The van der Waals surface area contributed by atoms with Gasteiger partial charge in [-0.1, -0.05) is 11.6 Å². The number of aliphatic carboxylic acids is 1. The van der Waals surface area contributed by atoms with Crippen LogP contribution in [0, 0.1) is 0 Å². The summed E-state index contributed by atoms with van der Waals surface area (Å²) in [4.78, 5) is 10.7. The van der Waals surface area contributed by atoms with Gasteiger partial charge in [-0.3, -0.25) is 0 Å². The normalized spacial score (nSPS) is 17.0. The van der Waals surface area contributed by atoms with Crippen molar-refractivity contribution in [3.8, 4) is 5.75 Å². The van der Waals surface area contributed by atoms with Crippen LogP contribution >= 0.6 is 0 Å². The molecule has 1 atom stereocenters. The molecule has 1 aliphatic heterocycles. The number of ether oxygens (including phenoxy) is 1. The van der Waals surface area contributed by atoms with E-state index in [1.807, 2.05) is 26.0 Å². The highest BCUT2D eigenvalue weighted by molar-refractivity contribution is 5.85. The van der Waals surface area contributed by atoms with E-state index in [1.54, 1.807) is 19.9 Å². The van der Waals surface area contributed by atoms with Gasteiger partial charge in [-0.25, -0.2) is 4.79 Å². The Balaban J connectivity index is 2.41. The van der Waals surface area contributed by atoms with Crippen molar-refractivity contribution in [2.75, 3.05) is 0 Å². The highest BCUT2D eigenvalue weighted by Gasteiger charge is 2.35. The van der Waals surface area contributed by atoms with Crippen molar-refractivity contribution in [2.24, 2.45) is 0 Å². The van der Waals surface area contributed by atoms with Gasteiger partial charge in [-0.2, -0.15) is 0 Å². The number of allylic oxidation sites excluding steroid dienone is 2. The number of hydrogen-bond donors (Lipinski definition) is 2. The van der Waals surface area contributed by atoms with Gasteiger partial charge in [-0.05, 0) is 69.0 Å². The molecule has 0 fully saturated rings. The van der Waals surface area contributed by atoms with Crippen molar-refractivity contribution in [3.63, 3.8) is 0 Å². The summed E-state index contributed by atoms with van der Waals surface area (Å²) in [5, 5.41) is 19.0. The molecule has 1 aliphatic rings. The second-order valence-electron chi connectivity index (χ2n) is 6.79. The number of carboxylic acids is 1. The summed E-state index contributed by atoms with van der Waals surface area (Å²) in [5.74, 6) is -0.149. The van der Waals surface area contributed by atoms with Crippen molar-refractivity contribution in [2.45, 2.75) is 52.2 Å². The van der Waals surface area contributed by atoms with Crippen LogP contribution in [0.25, 0.3) is 6.08 Å². The quantitative estimate of drug-likeness (QED) is 0.645. The summed E-state index contributed by atoms with van der Waals surface area (Å²) in [6, 6.07) is 3.89. The van der Waals surface area contributed by atoms with Crippen LogP contribution in [0.3, 0.4) is 0 Å². The Hall–Kier alpha value is -2.07. The molecule has 1 unspecified atom stereocenters. The van der Waals surface area contributed by atoms with Crippen LogP contribution in [-0.2, 0) is 17.6 Å². The average Bonchev–Trinajstić information content (AvgIpc) is 2.86. The second-order valence-corrected chi connectivity index (χ2v) is 6.79. The van der Waals surface area contributed by atoms with Crippen molar-refractivity contribution in [1.82, 2.24) is 0 Å². The Morgan fingerprint density at radius 3 is 2.65 bits per heavy atom. The maximum atomic E-state index is 10.7. The van der Waals surface area contributed by atoms with E-state index in [9.17, 15) is 9.90 Å². The molecule has 1 aromatic rings. The van der Waals surface area contributed by atoms with Gasteiger partial charge in [0.15, 0.2) is 0 Å². The average molecular weight is 316 g/mol. The number of benzene rings is 1. The Kier molecular flexibility index (Phi) is 4.95. The first kappa shape index (κ1) is 17.3. The topological polar surface area (TPSA) is 66.8 Å². The van der Waals surface area contributed by atoms with Crippen molar-refractivity contribution < 1.29 is 19.7 Å². The Morgan fingerprint density at radius 1 is 1.39 bits per heavy atom. The fourth-order valence-corrected chi connectivity index (χ4v) is 2.59. The van der Waals surface area contributed by atoms with Gasteiger partial charge in [0.25, 0.3) is 0 Å². The molecule has 0 amide bonds. The lowest BCUT2D eigenvalue weighted by atomic mass is 9.95. The van der Waals surface area contributed by atoms with Gasteiger partial charge in [0.1, 0.15) is 11.9 Å². The monoisotopic (exact) mass is 316 g/mol. The third-order valence-electron chi connectivity index (χ3n) is 3.87. The maximum Gasteiger partial charge on any atom is 0.328 e. The van der Waals surface area contributed by atoms with Crippen LogP contribution in [0.4, 0.5) is 0 Å². The zero-order valence-corrected chi connectivity index (χ0v) is 14.1. The largest absolute Gasteiger partial charge is 0.487 e. The van der Waals surface area contributed by atoms with E-state index in [4.69, 9.17) is 9.84 Å². The summed E-state index contributed by atoms with van der Waals surface area (Å²) >= 11 is 0. The minimum absolute atomic E-state index is 0.290. The molecule has 0 spiro atoms. The lowest BCUT2D eigenvalue weighted by Crippen LogP contribution is -2.39. The highest BCUT2D eigenvalue weighted by Crippen LogP contribution is 2.37. The smallest absolute Gasteiger partial charge is 0.328 e. The second kappa shape index (κ2) is 6.59. The van der Waals surface area contributed by atoms with E-state index >= 15 is 0 Å². The predicted octanol–water partition coefficient (Wildman–Crippen LogP) is 3.37. The first-order valence-electron chi connectivity index (χ1n) is 7.76. The third-order valence-corrected chi connectivity index (χ3v) is 3.87. The molecule has 0 saturated heterocycles. The molecule has 0 radical (unpaired) electrons. The van der Waals surface area contributed by atoms with Gasteiger partial charge in [0.05, 0.1) is 5.60 Å². The standard InChI is InChI=1S/C19H24O4/c1-12(2)5-7-14-9-13(6-8-17(20)21)10-15-11-16(19(3,4)22)23-18(14)15/h5-6,8-10,16,22H,7,11H2,1-4H3,(H,20,21)/b8-6+. The highest BCUT2D eigenvalue weighted by atomic mass is 16.5. The zero-order valence-electron chi connectivity index (χ0n) is 14.1. The van der Waals surface area contributed by atoms with Crippen LogP contribution in [0.2, 0.25) is 0 Å².